The number of benzene rings is 1. The van der Waals surface area contributed by atoms with Crippen LogP contribution in [-0.4, -0.2) is 40.3 Å². The van der Waals surface area contributed by atoms with Crippen LogP contribution in [0.3, 0.4) is 0 Å². The number of hydrogen-bond acceptors (Lipinski definition) is 4. The molecule has 0 aromatic heterocycles. The van der Waals surface area contributed by atoms with Crippen LogP contribution < -0.4 is 4.72 Å². The highest BCUT2D eigenvalue weighted by molar-refractivity contribution is 7.89. The van der Waals surface area contributed by atoms with E-state index in [0.29, 0.717) is 19.0 Å². The summed E-state index contributed by atoms with van der Waals surface area (Å²) in [6.45, 7) is 2.92. The predicted octanol–water partition coefficient (Wildman–Crippen LogP) is 1.55. The Bertz CT molecular complexity index is 762. The van der Waals surface area contributed by atoms with Crippen LogP contribution in [0.25, 0.3) is 0 Å². The van der Waals surface area contributed by atoms with Gasteiger partial charge in [-0.3, -0.25) is 0 Å². The van der Waals surface area contributed by atoms with E-state index in [1.54, 1.807) is 0 Å². The summed E-state index contributed by atoms with van der Waals surface area (Å²) in [6, 6.07) is 5.40. The molecule has 8 heteroatoms. The first-order valence-electron chi connectivity index (χ1n) is 7.93. The minimum absolute atomic E-state index is 0.0898. The van der Waals surface area contributed by atoms with E-state index >= 15 is 0 Å². The first-order chi connectivity index (χ1) is 10.8. The van der Waals surface area contributed by atoms with Crippen LogP contribution in [0.1, 0.15) is 32.6 Å². The molecule has 0 spiro atoms. The highest BCUT2D eigenvalue weighted by Gasteiger charge is 2.32. The minimum atomic E-state index is -3.60. The Labute approximate surface area is 138 Å². The summed E-state index contributed by atoms with van der Waals surface area (Å²) in [5.41, 5.74) is 0. The molecule has 1 N–H and O–H groups in total. The molecule has 2 fully saturated rings. The van der Waals surface area contributed by atoms with Gasteiger partial charge in [-0.05, 0) is 62.8 Å². The predicted molar refractivity (Wildman–Crippen MR) is 86.9 cm³/mol. The van der Waals surface area contributed by atoms with Crippen LogP contribution >= 0.6 is 0 Å². The number of nitrogens with zero attached hydrogens (tertiary/aromatic N) is 1. The average Bonchev–Trinajstić information content (AvgIpc) is 3.21. The molecule has 1 aliphatic carbocycles. The van der Waals surface area contributed by atoms with E-state index in [1.807, 2.05) is 6.92 Å². The van der Waals surface area contributed by atoms with Gasteiger partial charge in [-0.25, -0.2) is 21.6 Å². The largest absolute Gasteiger partial charge is 0.243 e. The highest BCUT2D eigenvalue weighted by Crippen LogP contribution is 2.33. The molecule has 1 saturated heterocycles. The number of sulfonamides is 2. The molecule has 128 valence electrons. The van der Waals surface area contributed by atoms with Gasteiger partial charge in [0.1, 0.15) is 0 Å². The van der Waals surface area contributed by atoms with Gasteiger partial charge in [0.15, 0.2) is 0 Å². The number of hydrogen-bond donors (Lipinski definition) is 1. The monoisotopic (exact) mass is 358 g/mol. The molecule has 6 nitrogen and oxygen atoms in total. The van der Waals surface area contributed by atoms with E-state index in [1.165, 1.54) is 28.6 Å². The number of rotatable bonds is 6. The van der Waals surface area contributed by atoms with E-state index in [4.69, 9.17) is 0 Å². The second kappa shape index (κ2) is 6.16. The molecule has 3 rings (SSSR count). The van der Waals surface area contributed by atoms with Gasteiger partial charge in [0.25, 0.3) is 0 Å². The third kappa shape index (κ3) is 3.60. The van der Waals surface area contributed by atoms with Gasteiger partial charge < -0.3 is 0 Å². The summed E-state index contributed by atoms with van der Waals surface area (Å²) in [6.07, 6.45) is 3.84. The van der Waals surface area contributed by atoms with Crippen LogP contribution in [0.4, 0.5) is 0 Å². The lowest BCUT2D eigenvalue weighted by molar-refractivity contribution is 0.477. The summed E-state index contributed by atoms with van der Waals surface area (Å²) < 4.78 is 53.6. The summed E-state index contributed by atoms with van der Waals surface area (Å²) in [5.74, 6) is 0.416. The summed E-state index contributed by atoms with van der Waals surface area (Å²) >= 11 is 0. The third-order valence-corrected chi connectivity index (χ3v) is 7.99. The van der Waals surface area contributed by atoms with Gasteiger partial charge in [0.2, 0.25) is 20.0 Å². The lowest BCUT2D eigenvalue weighted by Gasteiger charge is -2.16. The van der Waals surface area contributed by atoms with E-state index in [2.05, 4.69) is 4.72 Å². The molecule has 1 saturated carbocycles. The first kappa shape index (κ1) is 16.9. The van der Waals surface area contributed by atoms with Crippen LogP contribution in [0, 0.1) is 5.92 Å². The molecule has 1 aromatic rings. The Kier molecular flexibility index (Phi) is 4.52. The molecule has 1 aliphatic heterocycles. The molecule has 0 amide bonds. The van der Waals surface area contributed by atoms with Gasteiger partial charge in [0, 0.05) is 19.1 Å². The Morgan fingerprint density at radius 2 is 1.52 bits per heavy atom. The van der Waals surface area contributed by atoms with Crippen molar-refractivity contribution in [2.45, 2.75) is 48.4 Å². The number of nitrogens with one attached hydrogen (secondary N) is 1. The molecule has 0 bridgehead atoms. The van der Waals surface area contributed by atoms with Crippen LogP contribution in [0.15, 0.2) is 34.1 Å². The van der Waals surface area contributed by atoms with Crippen LogP contribution in [0.5, 0.6) is 0 Å². The van der Waals surface area contributed by atoms with E-state index in [-0.39, 0.29) is 15.8 Å². The molecule has 0 unspecified atom stereocenters. The van der Waals surface area contributed by atoms with Crippen LogP contribution in [0.2, 0.25) is 0 Å². The van der Waals surface area contributed by atoms with Gasteiger partial charge in [-0.1, -0.05) is 0 Å². The maximum absolute atomic E-state index is 12.4. The standard InChI is InChI=1S/C15H22N2O4S2/c1-12(13-4-5-13)16-22(18,19)14-6-8-15(9-7-14)23(20,21)17-10-2-3-11-17/h6-9,12-13,16H,2-5,10-11H2,1H3/t12-/m0/s1. The zero-order valence-corrected chi connectivity index (χ0v) is 14.7. The first-order valence-corrected chi connectivity index (χ1v) is 10.9. The Balaban J connectivity index is 1.78. The minimum Gasteiger partial charge on any atom is -0.208 e. The van der Waals surface area contributed by atoms with Gasteiger partial charge in [-0.2, -0.15) is 4.31 Å². The van der Waals surface area contributed by atoms with Gasteiger partial charge in [-0.15, -0.1) is 0 Å². The zero-order valence-electron chi connectivity index (χ0n) is 13.1. The van der Waals surface area contributed by atoms with Crippen molar-refractivity contribution >= 4 is 20.0 Å². The molecule has 1 atom stereocenters. The fourth-order valence-electron chi connectivity index (χ4n) is 2.87. The quantitative estimate of drug-likeness (QED) is 0.836. The molecular weight excluding hydrogens is 336 g/mol. The van der Waals surface area contributed by atoms with Gasteiger partial charge >= 0.3 is 0 Å². The fraction of sp³-hybridized carbons (Fsp3) is 0.600. The molecular formula is C15H22N2O4S2. The summed E-state index contributed by atoms with van der Waals surface area (Å²) in [4.78, 5) is 0.249. The van der Waals surface area contributed by atoms with Crippen molar-refractivity contribution in [2.75, 3.05) is 13.1 Å². The molecule has 23 heavy (non-hydrogen) atoms. The average molecular weight is 358 g/mol. The normalized spacial score (nSPS) is 21.4. The topological polar surface area (TPSA) is 83.5 Å². The Hall–Kier alpha value is -0.960. The maximum atomic E-state index is 12.4. The van der Waals surface area contributed by atoms with Crippen molar-refractivity contribution in [2.24, 2.45) is 5.92 Å². The van der Waals surface area contributed by atoms with Crippen molar-refractivity contribution in [3.63, 3.8) is 0 Å². The van der Waals surface area contributed by atoms with E-state index < -0.39 is 20.0 Å². The zero-order chi connectivity index (χ0) is 16.7. The van der Waals surface area contributed by atoms with Crippen molar-refractivity contribution in [3.05, 3.63) is 24.3 Å². The summed E-state index contributed by atoms with van der Waals surface area (Å²) in [5, 5.41) is 0. The van der Waals surface area contributed by atoms with E-state index in [0.717, 1.165) is 25.7 Å². The second-order valence-electron chi connectivity index (χ2n) is 6.33. The van der Waals surface area contributed by atoms with Crippen LogP contribution in [-0.2, 0) is 20.0 Å². The maximum Gasteiger partial charge on any atom is 0.243 e. The molecule has 2 aliphatic rings. The molecule has 0 radical (unpaired) electrons. The van der Waals surface area contributed by atoms with Crippen molar-refractivity contribution in [1.82, 2.24) is 9.03 Å². The lowest BCUT2D eigenvalue weighted by Crippen LogP contribution is -2.34. The fourth-order valence-corrected chi connectivity index (χ4v) is 5.70. The van der Waals surface area contributed by atoms with E-state index in [9.17, 15) is 16.8 Å². The van der Waals surface area contributed by atoms with Crippen molar-refractivity contribution in [1.29, 1.82) is 0 Å². The molecule has 1 heterocycles. The lowest BCUT2D eigenvalue weighted by atomic mass is 10.2. The Morgan fingerprint density at radius 1 is 1.00 bits per heavy atom. The smallest absolute Gasteiger partial charge is 0.208 e. The third-order valence-electron chi connectivity index (χ3n) is 4.51. The van der Waals surface area contributed by atoms with Gasteiger partial charge in [0.05, 0.1) is 9.79 Å². The summed E-state index contributed by atoms with van der Waals surface area (Å²) in [7, 11) is -7.11. The Morgan fingerprint density at radius 3 is 2.04 bits per heavy atom. The highest BCUT2D eigenvalue weighted by atomic mass is 32.2. The second-order valence-corrected chi connectivity index (χ2v) is 9.98. The SMILES string of the molecule is C[C@H](NS(=O)(=O)c1ccc(S(=O)(=O)N2CCCC2)cc1)C1CC1. The van der Waals surface area contributed by atoms with Crippen molar-refractivity contribution in [3.8, 4) is 0 Å². The molecule has 1 aromatic carbocycles. The van der Waals surface area contributed by atoms with Crippen molar-refractivity contribution < 1.29 is 16.8 Å².